The molecule has 1 heterocycles. The van der Waals surface area contributed by atoms with E-state index in [2.05, 4.69) is 5.32 Å². The fourth-order valence-electron chi connectivity index (χ4n) is 1.26. The molecule has 1 aliphatic heterocycles. The first-order valence-electron chi connectivity index (χ1n) is 4.77. The third-order valence-corrected chi connectivity index (χ3v) is 2.16. The Morgan fingerprint density at radius 1 is 1.43 bits per heavy atom. The van der Waals surface area contributed by atoms with Crippen LogP contribution in [0.1, 0.15) is 10.4 Å². The van der Waals surface area contributed by atoms with Gasteiger partial charge in [-0.1, -0.05) is 30.3 Å². The smallest absolute Gasteiger partial charge is 0.176 e. The lowest BCUT2D eigenvalue weighted by Crippen LogP contribution is -2.26. The number of hydrogen-bond donors (Lipinski definition) is 1. The Labute approximate surface area is 83.1 Å². The third-order valence-electron chi connectivity index (χ3n) is 2.16. The van der Waals surface area contributed by atoms with Crippen LogP contribution in [0, 0.1) is 0 Å². The van der Waals surface area contributed by atoms with Crippen molar-refractivity contribution in [3.8, 4) is 0 Å². The van der Waals surface area contributed by atoms with Crippen LogP contribution in [0.2, 0.25) is 0 Å². The number of Topliss-reactive ketones (excluding diaryl/α,β-unsaturated/α-hetero) is 1. The number of carbonyl (C=O) groups excluding carboxylic acids is 1. The summed E-state index contributed by atoms with van der Waals surface area (Å²) in [7, 11) is 0. The molecule has 3 nitrogen and oxygen atoms in total. The van der Waals surface area contributed by atoms with Crippen LogP contribution in [0.3, 0.4) is 0 Å². The predicted molar refractivity (Wildman–Crippen MR) is 53.4 cm³/mol. The monoisotopic (exact) mass is 191 g/mol. The zero-order valence-corrected chi connectivity index (χ0v) is 7.90. The second kappa shape index (κ2) is 4.35. The Morgan fingerprint density at radius 3 is 2.79 bits per heavy atom. The van der Waals surface area contributed by atoms with E-state index >= 15 is 0 Å². The minimum absolute atomic E-state index is 0.131. The second-order valence-electron chi connectivity index (χ2n) is 3.38. The Bertz CT molecular complexity index is 306. The van der Waals surface area contributed by atoms with Gasteiger partial charge in [0.25, 0.3) is 0 Å². The fourth-order valence-corrected chi connectivity index (χ4v) is 1.26. The lowest BCUT2D eigenvalue weighted by molar-refractivity contribution is 0.0991. The molecule has 0 bridgehead atoms. The van der Waals surface area contributed by atoms with Crippen molar-refractivity contribution in [2.45, 2.75) is 6.10 Å². The van der Waals surface area contributed by atoms with Crippen LogP contribution in [0.4, 0.5) is 0 Å². The maximum absolute atomic E-state index is 11.5. The maximum Gasteiger partial charge on any atom is 0.176 e. The van der Waals surface area contributed by atoms with Crippen molar-refractivity contribution in [2.24, 2.45) is 0 Å². The first kappa shape index (κ1) is 9.37. The number of carbonyl (C=O) groups is 1. The molecule has 1 unspecified atom stereocenters. The molecule has 1 aliphatic rings. The van der Waals surface area contributed by atoms with Crippen LogP contribution in [0.25, 0.3) is 0 Å². The van der Waals surface area contributed by atoms with Crippen molar-refractivity contribution < 1.29 is 9.53 Å². The molecule has 74 valence electrons. The van der Waals surface area contributed by atoms with Crippen molar-refractivity contribution in [3.05, 3.63) is 35.9 Å². The summed E-state index contributed by atoms with van der Waals surface area (Å²) in [5.41, 5.74) is 0.761. The van der Waals surface area contributed by atoms with Gasteiger partial charge in [0.1, 0.15) is 0 Å². The van der Waals surface area contributed by atoms with Gasteiger partial charge >= 0.3 is 0 Å². The Morgan fingerprint density at radius 2 is 2.14 bits per heavy atom. The molecule has 0 spiro atoms. The number of ketones is 1. The molecule has 1 aromatic rings. The Kier molecular flexibility index (Phi) is 2.91. The molecule has 1 aromatic carbocycles. The van der Waals surface area contributed by atoms with Crippen molar-refractivity contribution in [2.75, 3.05) is 19.7 Å². The molecule has 1 atom stereocenters. The summed E-state index contributed by atoms with van der Waals surface area (Å²) in [6, 6.07) is 9.31. The van der Waals surface area contributed by atoms with Crippen molar-refractivity contribution in [1.29, 1.82) is 0 Å². The van der Waals surface area contributed by atoms with Crippen molar-refractivity contribution >= 4 is 5.78 Å². The Balaban J connectivity index is 1.77. The van der Waals surface area contributed by atoms with Gasteiger partial charge in [-0.05, 0) is 0 Å². The van der Waals surface area contributed by atoms with Crippen molar-refractivity contribution in [3.63, 3.8) is 0 Å². The van der Waals surface area contributed by atoms with E-state index < -0.39 is 0 Å². The Hall–Kier alpha value is -1.19. The molecule has 0 radical (unpaired) electrons. The standard InChI is InChI=1S/C11H13NO2/c13-11(7-12-6-10-8-14-10)9-4-2-1-3-5-9/h1-5,10,12H,6-8H2. The number of nitrogens with one attached hydrogen (secondary N) is 1. The highest BCUT2D eigenvalue weighted by atomic mass is 16.6. The lowest BCUT2D eigenvalue weighted by Gasteiger charge is -2.01. The number of rotatable bonds is 5. The molecular weight excluding hydrogens is 178 g/mol. The zero-order chi connectivity index (χ0) is 9.80. The summed E-state index contributed by atoms with van der Waals surface area (Å²) in [6.45, 7) is 2.00. The van der Waals surface area contributed by atoms with E-state index in [9.17, 15) is 4.79 Å². The summed E-state index contributed by atoms with van der Waals surface area (Å²) in [4.78, 5) is 11.5. The van der Waals surface area contributed by atoms with Gasteiger partial charge in [-0.15, -0.1) is 0 Å². The lowest BCUT2D eigenvalue weighted by atomic mass is 10.1. The second-order valence-corrected chi connectivity index (χ2v) is 3.38. The van der Waals surface area contributed by atoms with Gasteiger partial charge in [-0.3, -0.25) is 4.79 Å². The van der Waals surface area contributed by atoms with E-state index in [0.717, 1.165) is 18.7 Å². The minimum Gasteiger partial charge on any atom is -0.372 e. The van der Waals surface area contributed by atoms with Crippen LogP contribution in [-0.4, -0.2) is 31.6 Å². The molecule has 0 aromatic heterocycles. The number of benzene rings is 1. The highest BCUT2D eigenvalue weighted by Crippen LogP contribution is 2.06. The molecule has 1 fully saturated rings. The van der Waals surface area contributed by atoms with Crippen LogP contribution in [0.15, 0.2) is 30.3 Å². The van der Waals surface area contributed by atoms with Crippen LogP contribution < -0.4 is 5.32 Å². The minimum atomic E-state index is 0.131. The summed E-state index contributed by atoms with van der Waals surface area (Å²) in [6.07, 6.45) is 0.332. The summed E-state index contributed by atoms with van der Waals surface area (Å²) in [5, 5.41) is 3.07. The summed E-state index contributed by atoms with van der Waals surface area (Å²) < 4.78 is 5.02. The summed E-state index contributed by atoms with van der Waals surface area (Å²) >= 11 is 0. The third kappa shape index (κ3) is 2.65. The SMILES string of the molecule is O=C(CNCC1CO1)c1ccccc1. The molecule has 0 aliphatic carbocycles. The molecular formula is C11H13NO2. The average molecular weight is 191 g/mol. The molecule has 1 saturated heterocycles. The maximum atomic E-state index is 11.5. The topological polar surface area (TPSA) is 41.6 Å². The van der Waals surface area contributed by atoms with Gasteiger partial charge in [0.05, 0.1) is 19.3 Å². The normalized spacial score (nSPS) is 19.3. The average Bonchev–Trinajstić information content (AvgIpc) is 3.03. The molecule has 3 heteroatoms. The van der Waals surface area contributed by atoms with Gasteiger partial charge in [-0.25, -0.2) is 0 Å². The van der Waals surface area contributed by atoms with E-state index in [-0.39, 0.29) is 5.78 Å². The van der Waals surface area contributed by atoms with E-state index in [1.54, 1.807) is 0 Å². The molecule has 0 saturated carbocycles. The van der Waals surface area contributed by atoms with E-state index in [0.29, 0.717) is 12.6 Å². The number of hydrogen-bond acceptors (Lipinski definition) is 3. The number of epoxide rings is 1. The van der Waals surface area contributed by atoms with Gasteiger partial charge in [-0.2, -0.15) is 0 Å². The van der Waals surface area contributed by atoms with Crippen molar-refractivity contribution in [1.82, 2.24) is 5.32 Å². The first-order valence-corrected chi connectivity index (χ1v) is 4.77. The van der Waals surface area contributed by atoms with Crippen LogP contribution >= 0.6 is 0 Å². The van der Waals surface area contributed by atoms with E-state index in [1.165, 1.54) is 0 Å². The van der Waals surface area contributed by atoms with Gasteiger partial charge in [0, 0.05) is 12.1 Å². The highest BCUT2D eigenvalue weighted by Gasteiger charge is 2.21. The molecule has 2 rings (SSSR count). The largest absolute Gasteiger partial charge is 0.372 e. The summed E-state index contributed by atoms with van der Waals surface area (Å²) in [5.74, 6) is 0.131. The van der Waals surface area contributed by atoms with Gasteiger partial charge in [0.15, 0.2) is 5.78 Å². The van der Waals surface area contributed by atoms with E-state index in [4.69, 9.17) is 4.74 Å². The van der Waals surface area contributed by atoms with Gasteiger partial charge in [0.2, 0.25) is 0 Å². The molecule has 14 heavy (non-hydrogen) atoms. The quantitative estimate of drug-likeness (QED) is 0.554. The fraction of sp³-hybridized carbons (Fsp3) is 0.364. The van der Waals surface area contributed by atoms with Crippen LogP contribution in [-0.2, 0) is 4.74 Å². The predicted octanol–water partition coefficient (Wildman–Crippen LogP) is 0.858. The van der Waals surface area contributed by atoms with Crippen LogP contribution in [0.5, 0.6) is 0 Å². The highest BCUT2D eigenvalue weighted by molar-refractivity contribution is 5.97. The zero-order valence-electron chi connectivity index (χ0n) is 7.90. The molecule has 0 amide bonds. The first-order chi connectivity index (χ1) is 6.86. The van der Waals surface area contributed by atoms with Gasteiger partial charge < -0.3 is 10.1 Å². The molecule has 1 N–H and O–H groups in total. The number of ether oxygens (including phenoxy) is 1. The van der Waals surface area contributed by atoms with E-state index in [1.807, 2.05) is 30.3 Å².